The number of hydrogen-bond donors (Lipinski definition) is 2. The monoisotopic (exact) mass is 166 g/mol. The molecular weight excluding hydrogens is 152 g/mol. The minimum Gasteiger partial charge on any atom is -0.315 e. The van der Waals surface area contributed by atoms with E-state index in [1.807, 2.05) is 14.1 Å². The summed E-state index contributed by atoms with van der Waals surface area (Å²) in [5.41, 5.74) is 0. The molecule has 4 heteroatoms. The molecule has 0 aliphatic carbocycles. The lowest BCUT2D eigenvalue weighted by molar-refractivity contribution is 0.489. The molecule has 0 aliphatic rings. The average molecular weight is 167 g/mol. The van der Waals surface area contributed by atoms with E-state index >= 15 is 0 Å². The summed E-state index contributed by atoms with van der Waals surface area (Å²) < 4.78 is -0.200. The van der Waals surface area contributed by atoms with Gasteiger partial charge in [0.2, 0.25) is 0 Å². The summed E-state index contributed by atoms with van der Waals surface area (Å²) in [6.45, 7) is 2.07. The molecule has 0 aromatic rings. The predicted octanol–water partition coefficient (Wildman–Crippen LogP) is -0.928. The summed E-state index contributed by atoms with van der Waals surface area (Å²) in [4.78, 5) is 0. The van der Waals surface area contributed by atoms with Crippen LogP contribution in [0.3, 0.4) is 0 Å². The fourth-order valence-electron chi connectivity index (χ4n) is 0.488. The van der Waals surface area contributed by atoms with Gasteiger partial charge in [-0.3, -0.25) is 0 Å². The van der Waals surface area contributed by atoms with Gasteiger partial charge in [0.05, 0.1) is 4.62 Å². The summed E-state index contributed by atoms with van der Waals surface area (Å²) in [7, 11) is 4.73. The van der Waals surface area contributed by atoms with E-state index in [9.17, 15) is 0 Å². The Morgan fingerprint density at radius 2 is 2.00 bits per heavy atom. The van der Waals surface area contributed by atoms with Crippen LogP contribution in [0, 0.1) is 0 Å². The van der Waals surface area contributed by atoms with Gasteiger partial charge in [0.25, 0.3) is 0 Å². The van der Waals surface area contributed by atoms with Gasteiger partial charge in [-0.05, 0) is 21.0 Å². The number of rotatable bonds is 3. The number of alkyl halides is 1. The number of halogens is 1. The van der Waals surface area contributed by atoms with Crippen molar-refractivity contribution in [1.82, 2.24) is 10.6 Å². The molecule has 2 nitrogen and oxygen atoms in total. The molecule has 0 spiro atoms. The molecule has 0 aliphatic heterocycles. The second kappa shape index (κ2) is 3.56. The third kappa shape index (κ3) is 2.67. The van der Waals surface area contributed by atoms with Gasteiger partial charge in [-0.2, -0.15) is 0 Å². The van der Waals surface area contributed by atoms with Gasteiger partial charge in [-0.1, -0.05) is 0 Å². The van der Waals surface area contributed by atoms with Crippen molar-refractivity contribution in [2.24, 2.45) is 0 Å². The first kappa shape index (κ1) is 9.43. The normalized spacial score (nSPS) is 21.3. The van der Waals surface area contributed by atoms with E-state index in [2.05, 4.69) is 17.6 Å². The van der Waals surface area contributed by atoms with Crippen molar-refractivity contribution in [3.8, 4) is 0 Å². The van der Waals surface area contributed by atoms with Crippen molar-refractivity contribution in [2.45, 2.75) is 17.6 Å². The standard InChI is InChI=1S/C5H15ClN2Si/c1-4(7-2)5(6,9)8-3/h4,7-8H,1-3,9H3. The molecule has 0 aromatic carbocycles. The highest BCUT2D eigenvalue weighted by Crippen LogP contribution is 2.09. The molecule has 2 atom stereocenters. The fourth-order valence-corrected chi connectivity index (χ4v) is 0.885. The molecule has 0 amide bonds. The molecule has 2 N–H and O–H groups in total. The van der Waals surface area contributed by atoms with Crippen LogP contribution < -0.4 is 10.6 Å². The molecule has 0 bridgehead atoms. The van der Waals surface area contributed by atoms with E-state index in [1.54, 1.807) is 0 Å². The van der Waals surface area contributed by atoms with Crippen LogP contribution in [-0.4, -0.2) is 35.0 Å². The van der Waals surface area contributed by atoms with Crippen LogP contribution in [-0.2, 0) is 0 Å². The lowest BCUT2D eigenvalue weighted by atomic mass is 10.3. The third-order valence-electron chi connectivity index (χ3n) is 1.74. The van der Waals surface area contributed by atoms with Crippen LogP contribution >= 0.6 is 11.6 Å². The van der Waals surface area contributed by atoms with Crippen LogP contribution in [0.1, 0.15) is 6.92 Å². The maximum absolute atomic E-state index is 6.06. The predicted molar refractivity (Wildman–Crippen MR) is 46.1 cm³/mol. The van der Waals surface area contributed by atoms with Crippen molar-refractivity contribution in [3.63, 3.8) is 0 Å². The number of likely N-dealkylation sites (N-methyl/N-ethyl adjacent to an activating group) is 2. The van der Waals surface area contributed by atoms with Crippen molar-refractivity contribution in [3.05, 3.63) is 0 Å². The second-order valence-electron chi connectivity index (χ2n) is 2.34. The van der Waals surface area contributed by atoms with Crippen molar-refractivity contribution in [1.29, 1.82) is 0 Å². The van der Waals surface area contributed by atoms with E-state index in [4.69, 9.17) is 11.6 Å². The van der Waals surface area contributed by atoms with Crippen molar-refractivity contribution >= 4 is 21.8 Å². The van der Waals surface area contributed by atoms with E-state index in [1.165, 1.54) is 0 Å². The smallest absolute Gasteiger partial charge is 0.0869 e. The van der Waals surface area contributed by atoms with Crippen molar-refractivity contribution < 1.29 is 0 Å². The zero-order chi connectivity index (χ0) is 7.49. The fraction of sp³-hybridized carbons (Fsp3) is 1.00. The number of nitrogens with one attached hydrogen (secondary N) is 2. The zero-order valence-electron chi connectivity index (χ0n) is 6.46. The molecule has 0 fully saturated rings. The topological polar surface area (TPSA) is 24.1 Å². The summed E-state index contributed by atoms with van der Waals surface area (Å²) in [5, 5.41) is 6.15. The zero-order valence-corrected chi connectivity index (χ0v) is 9.21. The molecule has 0 radical (unpaired) electrons. The molecule has 56 valence electrons. The highest BCUT2D eigenvalue weighted by Gasteiger charge is 2.23. The summed E-state index contributed by atoms with van der Waals surface area (Å²) >= 11 is 6.06. The Labute approximate surface area is 64.8 Å². The van der Waals surface area contributed by atoms with Crippen LogP contribution in [0.2, 0.25) is 0 Å². The van der Waals surface area contributed by atoms with Crippen molar-refractivity contribution in [2.75, 3.05) is 14.1 Å². The summed E-state index contributed by atoms with van der Waals surface area (Å²) in [6, 6.07) is 0.329. The Bertz CT molecular complexity index is 87.0. The van der Waals surface area contributed by atoms with E-state index in [-0.39, 0.29) is 4.62 Å². The van der Waals surface area contributed by atoms with Gasteiger partial charge in [0.15, 0.2) is 0 Å². The van der Waals surface area contributed by atoms with E-state index in [0.717, 1.165) is 10.2 Å². The highest BCUT2D eigenvalue weighted by molar-refractivity contribution is 6.44. The van der Waals surface area contributed by atoms with Crippen LogP contribution in [0.15, 0.2) is 0 Å². The largest absolute Gasteiger partial charge is 0.315 e. The quantitative estimate of drug-likeness (QED) is 0.322. The van der Waals surface area contributed by atoms with Gasteiger partial charge in [0.1, 0.15) is 0 Å². The van der Waals surface area contributed by atoms with Gasteiger partial charge in [-0.25, -0.2) is 0 Å². The first-order valence-corrected chi connectivity index (χ1v) is 4.47. The van der Waals surface area contributed by atoms with Gasteiger partial charge in [0, 0.05) is 16.3 Å². The van der Waals surface area contributed by atoms with Crippen LogP contribution in [0.5, 0.6) is 0 Å². The van der Waals surface area contributed by atoms with Crippen LogP contribution in [0.25, 0.3) is 0 Å². The number of hydrogen-bond acceptors (Lipinski definition) is 2. The minimum absolute atomic E-state index is 0.200. The molecule has 0 saturated heterocycles. The molecule has 0 aromatic heterocycles. The summed E-state index contributed by atoms with van der Waals surface area (Å²) in [5.74, 6) is 0. The molecule has 0 rings (SSSR count). The van der Waals surface area contributed by atoms with Gasteiger partial charge in [-0.15, -0.1) is 11.6 Å². The highest BCUT2D eigenvalue weighted by atomic mass is 35.5. The average Bonchev–Trinajstić information content (AvgIpc) is 1.86. The maximum Gasteiger partial charge on any atom is 0.0869 e. The second-order valence-corrected chi connectivity index (χ2v) is 5.33. The van der Waals surface area contributed by atoms with Gasteiger partial charge < -0.3 is 10.6 Å². The van der Waals surface area contributed by atoms with Crippen LogP contribution in [0.4, 0.5) is 0 Å². The lowest BCUT2D eigenvalue weighted by Crippen LogP contribution is -2.52. The Morgan fingerprint density at radius 1 is 1.56 bits per heavy atom. The molecule has 9 heavy (non-hydrogen) atoms. The third-order valence-corrected chi connectivity index (χ3v) is 3.62. The lowest BCUT2D eigenvalue weighted by Gasteiger charge is -2.28. The molecule has 0 heterocycles. The minimum atomic E-state index is -0.200. The maximum atomic E-state index is 6.06. The first-order chi connectivity index (χ1) is 4.04. The molecular formula is C5H15ClN2Si. The Hall–Kier alpha value is 0.427. The van der Waals surface area contributed by atoms with E-state index < -0.39 is 0 Å². The Morgan fingerprint density at radius 3 is 2.11 bits per heavy atom. The Kier molecular flexibility index (Phi) is 3.73. The SMILES string of the molecule is CNC(C)C([SiH3])(Cl)NC. The Balaban J connectivity index is 3.80. The summed E-state index contributed by atoms with van der Waals surface area (Å²) in [6.07, 6.45) is 0. The molecule has 2 unspecified atom stereocenters. The first-order valence-electron chi connectivity index (χ1n) is 3.09. The molecule has 0 saturated carbocycles. The van der Waals surface area contributed by atoms with E-state index in [0.29, 0.717) is 6.04 Å². The van der Waals surface area contributed by atoms with Gasteiger partial charge >= 0.3 is 0 Å².